The van der Waals surface area contributed by atoms with Crippen LogP contribution in [0.1, 0.15) is 27.7 Å². The smallest absolute Gasteiger partial charge is 0.323 e. The molecule has 1 heterocycles. The first-order chi connectivity index (χ1) is 8.79. The molecular weight excluding hydrogens is 248 g/mol. The summed E-state index contributed by atoms with van der Waals surface area (Å²) in [6, 6.07) is -0.210. The summed E-state index contributed by atoms with van der Waals surface area (Å²) in [5.41, 5.74) is 0. The zero-order valence-corrected chi connectivity index (χ0v) is 12.1. The van der Waals surface area contributed by atoms with Crippen LogP contribution in [0.5, 0.6) is 0 Å². The Morgan fingerprint density at radius 3 is 2.26 bits per heavy atom. The van der Waals surface area contributed by atoms with Crippen molar-refractivity contribution in [2.45, 2.75) is 39.9 Å². The van der Waals surface area contributed by atoms with E-state index in [9.17, 15) is 9.59 Å². The van der Waals surface area contributed by atoms with Gasteiger partial charge in [0, 0.05) is 19.6 Å². The number of morpholine rings is 1. The molecule has 19 heavy (non-hydrogen) atoms. The Kier molecular flexibility index (Phi) is 5.60. The van der Waals surface area contributed by atoms with Crippen molar-refractivity contribution < 1.29 is 19.4 Å². The van der Waals surface area contributed by atoms with E-state index in [0.29, 0.717) is 19.6 Å². The van der Waals surface area contributed by atoms with Crippen LogP contribution >= 0.6 is 0 Å². The summed E-state index contributed by atoms with van der Waals surface area (Å²) in [7, 11) is 0. The fourth-order valence-corrected chi connectivity index (χ4v) is 2.35. The number of aliphatic carboxylic acids is 1. The van der Waals surface area contributed by atoms with Gasteiger partial charge in [0.1, 0.15) is 6.54 Å². The predicted octanol–water partition coefficient (Wildman–Crippen LogP) is 1.26. The summed E-state index contributed by atoms with van der Waals surface area (Å²) < 4.78 is 5.58. The van der Waals surface area contributed by atoms with E-state index >= 15 is 0 Å². The van der Waals surface area contributed by atoms with Gasteiger partial charge in [-0.25, -0.2) is 4.79 Å². The fraction of sp³-hybridized carbons (Fsp3) is 0.846. The molecule has 6 nitrogen and oxygen atoms in total. The van der Waals surface area contributed by atoms with Crippen molar-refractivity contribution in [2.75, 3.05) is 26.2 Å². The third-order valence-corrected chi connectivity index (χ3v) is 2.87. The summed E-state index contributed by atoms with van der Waals surface area (Å²) in [5.74, 6) is -0.748. The molecule has 2 amide bonds. The minimum Gasteiger partial charge on any atom is -0.480 e. The predicted molar refractivity (Wildman–Crippen MR) is 71.0 cm³/mol. The van der Waals surface area contributed by atoms with Crippen LogP contribution < -0.4 is 0 Å². The van der Waals surface area contributed by atoms with Gasteiger partial charge in [0.05, 0.1) is 12.2 Å². The average Bonchev–Trinajstić information content (AvgIpc) is 2.24. The number of carbonyl (C=O) groups is 2. The molecule has 1 N–H and O–H groups in total. The first-order valence-electron chi connectivity index (χ1n) is 6.70. The maximum Gasteiger partial charge on any atom is 0.323 e. The second kappa shape index (κ2) is 6.75. The highest BCUT2D eigenvalue weighted by atomic mass is 16.5. The number of carboxylic acid groups (broad SMARTS) is 1. The second-order valence-corrected chi connectivity index (χ2v) is 5.61. The summed E-state index contributed by atoms with van der Waals surface area (Å²) in [4.78, 5) is 26.3. The number of rotatable bonds is 4. The van der Waals surface area contributed by atoms with Gasteiger partial charge in [-0.3, -0.25) is 4.79 Å². The maximum absolute atomic E-state index is 12.4. The maximum atomic E-state index is 12.4. The number of hydrogen-bond acceptors (Lipinski definition) is 3. The molecule has 0 aromatic carbocycles. The van der Waals surface area contributed by atoms with Crippen LogP contribution in [0, 0.1) is 5.92 Å². The van der Waals surface area contributed by atoms with Gasteiger partial charge in [-0.1, -0.05) is 13.8 Å². The van der Waals surface area contributed by atoms with Gasteiger partial charge in [0.25, 0.3) is 0 Å². The Labute approximate surface area is 114 Å². The molecule has 0 aromatic heterocycles. The standard InChI is InChI=1S/C13H24N2O4/c1-9(2)5-14(8-12(16)17)13(18)15-6-10(3)19-11(4)7-15/h9-11H,5-8H2,1-4H3,(H,16,17). The Morgan fingerprint density at radius 1 is 1.32 bits per heavy atom. The van der Waals surface area contributed by atoms with Crippen molar-refractivity contribution in [3.63, 3.8) is 0 Å². The molecule has 1 aliphatic heterocycles. The van der Waals surface area contributed by atoms with Gasteiger partial charge in [0.15, 0.2) is 0 Å². The normalized spacial score (nSPS) is 23.5. The van der Waals surface area contributed by atoms with Gasteiger partial charge in [-0.2, -0.15) is 0 Å². The van der Waals surface area contributed by atoms with Crippen LogP contribution in [0.25, 0.3) is 0 Å². The lowest BCUT2D eigenvalue weighted by atomic mass is 10.2. The van der Waals surface area contributed by atoms with Gasteiger partial charge >= 0.3 is 12.0 Å². The van der Waals surface area contributed by atoms with Gasteiger partial charge in [-0.15, -0.1) is 0 Å². The molecule has 0 spiro atoms. The van der Waals surface area contributed by atoms with Crippen molar-refractivity contribution in [1.29, 1.82) is 0 Å². The lowest BCUT2D eigenvalue weighted by Crippen LogP contribution is -2.54. The third kappa shape index (κ3) is 5.06. The number of urea groups is 1. The van der Waals surface area contributed by atoms with E-state index in [1.54, 1.807) is 4.90 Å². The molecule has 1 aliphatic rings. The molecule has 2 atom stereocenters. The van der Waals surface area contributed by atoms with Crippen molar-refractivity contribution in [3.8, 4) is 0 Å². The topological polar surface area (TPSA) is 70.1 Å². The Hall–Kier alpha value is -1.30. The molecular formula is C13H24N2O4. The number of carbonyl (C=O) groups excluding carboxylic acids is 1. The largest absolute Gasteiger partial charge is 0.480 e. The number of amides is 2. The van der Waals surface area contributed by atoms with Crippen LogP contribution in [-0.2, 0) is 9.53 Å². The van der Waals surface area contributed by atoms with Crippen LogP contribution in [0.3, 0.4) is 0 Å². The highest BCUT2D eigenvalue weighted by molar-refractivity contribution is 5.80. The zero-order valence-electron chi connectivity index (χ0n) is 12.1. The number of carboxylic acids is 1. The third-order valence-electron chi connectivity index (χ3n) is 2.87. The molecule has 0 aliphatic carbocycles. The Morgan fingerprint density at radius 2 is 1.84 bits per heavy atom. The van der Waals surface area contributed by atoms with Crippen LogP contribution in [0.4, 0.5) is 4.79 Å². The molecule has 0 radical (unpaired) electrons. The molecule has 1 saturated heterocycles. The summed E-state index contributed by atoms with van der Waals surface area (Å²) >= 11 is 0. The minimum atomic E-state index is -0.983. The monoisotopic (exact) mass is 272 g/mol. The van der Waals surface area contributed by atoms with E-state index in [1.165, 1.54) is 4.90 Å². The Bertz CT molecular complexity index is 323. The summed E-state index contributed by atoms with van der Waals surface area (Å²) in [6.07, 6.45) is -0.0307. The first kappa shape index (κ1) is 15.8. The average molecular weight is 272 g/mol. The molecule has 0 aromatic rings. The van der Waals surface area contributed by atoms with Crippen molar-refractivity contribution >= 4 is 12.0 Å². The molecule has 6 heteroatoms. The molecule has 0 bridgehead atoms. The Balaban J connectivity index is 2.71. The van der Waals surface area contributed by atoms with Crippen molar-refractivity contribution in [1.82, 2.24) is 9.80 Å². The van der Waals surface area contributed by atoms with Gasteiger partial charge < -0.3 is 19.6 Å². The van der Waals surface area contributed by atoms with Crippen molar-refractivity contribution in [3.05, 3.63) is 0 Å². The van der Waals surface area contributed by atoms with E-state index in [-0.39, 0.29) is 30.7 Å². The van der Waals surface area contributed by atoms with Crippen LogP contribution in [0.15, 0.2) is 0 Å². The van der Waals surface area contributed by atoms with Crippen LogP contribution in [0.2, 0.25) is 0 Å². The number of nitrogens with zero attached hydrogens (tertiary/aromatic N) is 2. The SMILES string of the molecule is CC(C)CN(CC(=O)O)C(=O)N1CC(C)OC(C)C1. The highest BCUT2D eigenvalue weighted by Crippen LogP contribution is 2.13. The second-order valence-electron chi connectivity index (χ2n) is 5.61. The quantitative estimate of drug-likeness (QED) is 0.836. The van der Waals surface area contributed by atoms with E-state index in [0.717, 1.165) is 0 Å². The van der Waals surface area contributed by atoms with E-state index in [4.69, 9.17) is 9.84 Å². The molecule has 110 valence electrons. The molecule has 2 unspecified atom stereocenters. The van der Waals surface area contributed by atoms with E-state index in [1.807, 2.05) is 27.7 Å². The lowest BCUT2D eigenvalue weighted by Gasteiger charge is -2.38. The fourth-order valence-electron chi connectivity index (χ4n) is 2.35. The van der Waals surface area contributed by atoms with E-state index in [2.05, 4.69) is 0 Å². The van der Waals surface area contributed by atoms with E-state index < -0.39 is 5.97 Å². The number of ether oxygens (including phenoxy) is 1. The van der Waals surface area contributed by atoms with Crippen LogP contribution in [-0.4, -0.2) is 65.3 Å². The summed E-state index contributed by atoms with van der Waals surface area (Å²) in [5, 5.41) is 8.91. The summed E-state index contributed by atoms with van der Waals surface area (Å²) in [6.45, 7) is 8.98. The lowest BCUT2D eigenvalue weighted by molar-refractivity contribution is -0.138. The van der Waals surface area contributed by atoms with Crippen molar-refractivity contribution in [2.24, 2.45) is 5.92 Å². The highest BCUT2D eigenvalue weighted by Gasteiger charge is 2.30. The minimum absolute atomic E-state index is 0.0153. The zero-order chi connectivity index (χ0) is 14.6. The molecule has 1 fully saturated rings. The molecule has 1 rings (SSSR count). The molecule has 0 saturated carbocycles. The first-order valence-corrected chi connectivity index (χ1v) is 6.70. The van der Waals surface area contributed by atoms with Gasteiger partial charge in [-0.05, 0) is 19.8 Å². The van der Waals surface area contributed by atoms with Gasteiger partial charge in [0.2, 0.25) is 0 Å². The number of hydrogen-bond donors (Lipinski definition) is 1.